The summed E-state index contributed by atoms with van der Waals surface area (Å²) in [5, 5.41) is 5.07. The Labute approximate surface area is 208 Å². The Balaban J connectivity index is 1.53. The molecule has 0 aromatic heterocycles. The zero-order chi connectivity index (χ0) is 23.6. The second kappa shape index (κ2) is 13.1. The van der Waals surface area contributed by atoms with Crippen molar-refractivity contribution in [2.24, 2.45) is 11.8 Å². The molecule has 3 rings (SSSR count). The van der Waals surface area contributed by atoms with Crippen molar-refractivity contribution in [2.45, 2.75) is 52.4 Å². The van der Waals surface area contributed by atoms with Crippen LogP contribution in [0.4, 0.5) is 5.69 Å². The highest BCUT2D eigenvalue weighted by Gasteiger charge is 2.23. The molecule has 0 spiro atoms. The maximum Gasteiger partial charge on any atom is 0.251 e. The lowest BCUT2D eigenvalue weighted by atomic mass is 9.80. The van der Waals surface area contributed by atoms with Crippen molar-refractivity contribution in [3.63, 3.8) is 0 Å². The second-order valence-corrected chi connectivity index (χ2v) is 11.1. The van der Waals surface area contributed by atoms with E-state index < -0.39 is 0 Å². The van der Waals surface area contributed by atoms with Crippen molar-refractivity contribution >= 4 is 35.1 Å². The Kier molecular flexibility index (Phi) is 10.2. The van der Waals surface area contributed by atoms with Gasteiger partial charge in [-0.15, -0.1) is 11.8 Å². The molecule has 33 heavy (non-hydrogen) atoms. The third kappa shape index (κ3) is 7.82. The van der Waals surface area contributed by atoms with Crippen molar-refractivity contribution < 1.29 is 4.79 Å². The summed E-state index contributed by atoms with van der Waals surface area (Å²) in [5.41, 5.74) is 4.91. The summed E-state index contributed by atoms with van der Waals surface area (Å²) in [6.07, 6.45) is 10.0. The number of nitrogens with one attached hydrogen (secondary N) is 1. The van der Waals surface area contributed by atoms with E-state index in [-0.39, 0.29) is 5.91 Å². The van der Waals surface area contributed by atoms with Crippen LogP contribution in [0.1, 0.15) is 51.0 Å². The van der Waals surface area contributed by atoms with Gasteiger partial charge in [0.15, 0.2) is 0 Å². The Bertz CT molecular complexity index is 956. The van der Waals surface area contributed by atoms with Gasteiger partial charge in [0.1, 0.15) is 0 Å². The Hall–Kier alpha value is -1.91. The number of aryl methyl sites for hydroxylation is 1. The molecule has 0 unspecified atom stereocenters. The van der Waals surface area contributed by atoms with Gasteiger partial charge in [0.05, 0.1) is 0 Å². The van der Waals surface area contributed by atoms with Crippen LogP contribution in [0.3, 0.4) is 0 Å². The van der Waals surface area contributed by atoms with Gasteiger partial charge in [-0.3, -0.25) is 4.79 Å². The fourth-order valence-electron chi connectivity index (χ4n) is 4.40. The number of allylic oxidation sites excluding steroid dienone is 1. The Morgan fingerprint density at radius 1 is 1.09 bits per heavy atom. The second-order valence-electron chi connectivity index (χ2n) is 9.10. The standard InChI is InChI=1S/C29H37NOS2/c1-21-11-15-26(16-12-21)27-9-5-6-10-28(27)30-29(31)22(2)20-33-23(3)25-17-13-24(14-18-25)8-7-19-32-4/h5-6,9-12,15-16,20,24-25H,3,7-8,13-14,17-19H2,1-2,4H3,(H,30,31)/b22-20+. The summed E-state index contributed by atoms with van der Waals surface area (Å²) in [6, 6.07) is 16.4. The average Bonchev–Trinajstić information content (AvgIpc) is 2.84. The number of hydrogen-bond acceptors (Lipinski definition) is 3. The van der Waals surface area contributed by atoms with Crippen molar-refractivity contribution in [3.05, 3.63) is 76.6 Å². The molecule has 1 amide bonds. The SMILES string of the molecule is C=C(S/C=C(\C)C(=O)Nc1ccccc1-c1ccc(C)cc1)C1CCC(CCCSC)CC1. The van der Waals surface area contributed by atoms with Gasteiger partial charge in [0.25, 0.3) is 5.91 Å². The van der Waals surface area contributed by atoms with Crippen LogP contribution in [0.15, 0.2) is 71.0 Å². The summed E-state index contributed by atoms with van der Waals surface area (Å²) in [7, 11) is 0. The molecule has 1 fully saturated rings. The minimum Gasteiger partial charge on any atom is -0.322 e. The zero-order valence-corrected chi connectivity index (χ0v) is 21.9. The molecule has 1 aliphatic rings. The fourth-order valence-corrected chi connectivity index (χ4v) is 5.72. The first-order valence-corrected chi connectivity index (χ1v) is 14.2. The average molecular weight is 480 g/mol. The molecule has 4 heteroatoms. The predicted molar refractivity (Wildman–Crippen MR) is 149 cm³/mol. The van der Waals surface area contributed by atoms with E-state index in [1.54, 1.807) is 11.8 Å². The van der Waals surface area contributed by atoms with Crippen LogP contribution in [0.2, 0.25) is 0 Å². The van der Waals surface area contributed by atoms with Crippen molar-refractivity contribution in [1.82, 2.24) is 0 Å². The number of carbonyl (C=O) groups is 1. The molecule has 0 aliphatic heterocycles. The number of para-hydroxylation sites is 1. The summed E-state index contributed by atoms with van der Waals surface area (Å²) in [5.74, 6) is 2.68. The van der Waals surface area contributed by atoms with Gasteiger partial charge in [0, 0.05) is 16.8 Å². The fraction of sp³-hybridized carbons (Fsp3) is 0.414. The predicted octanol–water partition coefficient (Wildman–Crippen LogP) is 8.70. The zero-order valence-electron chi connectivity index (χ0n) is 20.2. The highest BCUT2D eigenvalue weighted by Crippen LogP contribution is 2.39. The van der Waals surface area contributed by atoms with E-state index in [0.29, 0.717) is 11.5 Å². The minimum absolute atomic E-state index is 0.0626. The number of amides is 1. The quantitative estimate of drug-likeness (QED) is 0.273. The molecule has 1 aliphatic carbocycles. The third-order valence-corrected chi connectivity index (χ3v) is 8.35. The smallest absolute Gasteiger partial charge is 0.251 e. The van der Waals surface area contributed by atoms with Gasteiger partial charge >= 0.3 is 0 Å². The van der Waals surface area contributed by atoms with Gasteiger partial charge in [0.2, 0.25) is 0 Å². The number of hydrogen-bond donors (Lipinski definition) is 1. The Morgan fingerprint density at radius 3 is 2.48 bits per heavy atom. The lowest BCUT2D eigenvalue weighted by molar-refractivity contribution is -0.112. The number of benzene rings is 2. The van der Waals surface area contributed by atoms with E-state index in [9.17, 15) is 4.79 Å². The normalized spacial score (nSPS) is 18.7. The van der Waals surface area contributed by atoms with E-state index in [1.807, 2.05) is 48.4 Å². The lowest BCUT2D eigenvalue weighted by Gasteiger charge is -2.29. The molecule has 0 bridgehead atoms. The summed E-state index contributed by atoms with van der Waals surface area (Å²) < 4.78 is 0. The molecule has 1 N–H and O–H groups in total. The lowest BCUT2D eigenvalue weighted by Crippen LogP contribution is -2.15. The molecule has 1 saturated carbocycles. The van der Waals surface area contributed by atoms with Crippen LogP contribution in [0.25, 0.3) is 11.1 Å². The monoisotopic (exact) mass is 479 g/mol. The molecule has 0 atom stereocenters. The minimum atomic E-state index is -0.0626. The largest absolute Gasteiger partial charge is 0.322 e. The van der Waals surface area contributed by atoms with Gasteiger partial charge in [-0.2, -0.15) is 11.8 Å². The molecule has 176 valence electrons. The molecular weight excluding hydrogens is 442 g/mol. The molecule has 0 heterocycles. The summed E-state index contributed by atoms with van der Waals surface area (Å²) in [6.45, 7) is 8.30. The first-order chi connectivity index (χ1) is 16.0. The topological polar surface area (TPSA) is 29.1 Å². The van der Waals surface area contributed by atoms with Crippen LogP contribution in [-0.2, 0) is 4.79 Å². The third-order valence-electron chi connectivity index (χ3n) is 6.55. The number of carbonyl (C=O) groups excluding carboxylic acids is 1. The van der Waals surface area contributed by atoms with Crippen molar-refractivity contribution in [3.8, 4) is 11.1 Å². The maximum atomic E-state index is 12.9. The maximum absolute atomic E-state index is 12.9. The summed E-state index contributed by atoms with van der Waals surface area (Å²) >= 11 is 3.59. The summed E-state index contributed by atoms with van der Waals surface area (Å²) in [4.78, 5) is 14.1. The number of anilines is 1. The first kappa shape index (κ1) is 25.7. The number of rotatable bonds is 10. The van der Waals surface area contributed by atoms with Crippen LogP contribution >= 0.6 is 23.5 Å². The van der Waals surface area contributed by atoms with E-state index in [4.69, 9.17) is 0 Å². The van der Waals surface area contributed by atoms with Crippen molar-refractivity contribution in [2.75, 3.05) is 17.3 Å². The van der Waals surface area contributed by atoms with Crippen LogP contribution in [-0.4, -0.2) is 17.9 Å². The van der Waals surface area contributed by atoms with E-state index >= 15 is 0 Å². The highest BCUT2D eigenvalue weighted by atomic mass is 32.2. The molecule has 0 radical (unpaired) electrons. The number of thioether (sulfide) groups is 2. The first-order valence-electron chi connectivity index (χ1n) is 12.0. The Morgan fingerprint density at radius 2 is 1.79 bits per heavy atom. The van der Waals surface area contributed by atoms with Crippen LogP contribution < -0.4 is 5.32 Å². The van der Waals surface area contributed by atoms with Gasteiger partial charge < -0.3 is 5.32 Å². The van der Waals surface area contributed by atoms with Gasteiger partial charge in [-0.05, 0) is 98.2 Å². The molecular formula is C29H37NOS2. The molecule has 2 aromatic rings. The molecule has 0 saturated heterocycles. The van der Waals surface area contributed by atoms with Crippen LogP contribution in [0.5, 0.6) is 0 Å². The molecule has 2 aromatic carbocycles. The van der Waals surface area contributed by atoms with E-state index in [1.165, 1.54) is 54.7 Å². The van der Waals surface area contributed by atoms with Gasteiger partial charge in [-0.1, -0.05) is 54.6 Å². The van der Waals surface area contributed by atoms with E-state index in [0.717, 1.165) is 22.7 Å². The van der Waals surface area contributed by atoms with Crippen LogP contribution in [0, 0.1) is 18.8 Å². The van der Waals surface area contributed by atoms with Gasteiger partial charge in [-0.25, -0.2) is 0 Å². The van der Waals surface area contributed by atoms with E-state index in [2.05, 4.69) is 49.3 Å². The van der Waals surface area contributed by atoms with Crippen molar-refractivity contribution in [1.29, 1.82) is 0 Å². The highest BCUT2D eigenvalue weighted by molar-refractivity contribution is 8.05. The molecule has 2 nitrogen and oxygen atoms in total.